The summed E-state index contributed by atoms with van der Waals surface area (Å²) in [5, 5.41) is 32.3. The molecule has 34 heavy (non-hydrogen) atoms. The number of aliphatic hydroxyl groups is 3. The average molecular weight is 448 g/mol. The van der Waals surface area contributed by atoms with Crippen molar-refractivity contribution in [3.05, 3.63) is 113 Å². The summed E-state index contributed by atoms with van der Waals surface area (Å²) in [4.78, 5) is 29.3. The molecule has 8 heteroatoms. The molecule has 0 fully saturated rings. The van der Waals surface area contributed by atoms with Gasteiger partial charge in [0.05, 0.1) is 11.4 Å². The Morgan fingerprint density at radius 1 is 0.647 bits per heavy atom. The first-order valence-electron chi connectivity index (χ1n) is 10.4. The highest BCUT2D eigenvalue weighted by Crippen LogP contribution is 2.32. The van der Waals surface area contributed by atoms with E-state index in [2.05, 4.69) is 20.0 Å². The van der Waals surface area contributed by atoms with Crippen molar-refractivity contribution in [2.24, 2.45) is 15.0 Å². The Balaban J connectivity index is 1.62. The second-order valence-electron chi connectivity index (χ2n) is 7.86. The summed E-state index contributed by atoms with van der Waals surface area (Å²) in [6.45, 7) is 0. The number of rotatable bonds is 1. The fraction of sp³-hybridized carbons (Fsp3) is 0. The molecule has 0 unspecified atom stereocenters. The number of nitrogens with zero attached hydrogens (tertiary/aromatic N) is 3. The molecule has 1 aromatic heterocycles. The lowest BCUT2D eigenvalue weighted by atomic mass is 10.0. The minimum absolute atomic E-state index is 0.119. The zero-order valence-corrected chi connectivity index (χ0v) is 17.5. The van der Waals surface area contributed by atoms with Gasteiger partial charge < -0.3 is 20.3 Å². The zero-order chi connectivity index (χ0) is 23.4. The molecule has 0 saturated carbocycles. The van der Waals surface area contributed by atoms with Crippen molar-refractivity contribution in [3.8, 4) is 11.1 Å². The van der Waals surface area contributed by atoms with E-state index in [0.717, 1.165) is 5.56 Å². The van der Waals surface area contributed by atoms with Gasteiger partial charge in [-0.1, -0.05) is 30.3 Å². The Labute approximate surface area is 193 Å². The summed E-state index contributed by atoms with van der Waals surface area (Å²) in [7, 11) is 0. The molecule has 8 bridgehead atoms. The standard InChI is InChI=1S/C26H16N4O4/c31-23-15-6-7-16(27-15)24(32)18-10-11-20(29-18)26(34)22-14(13-4-2-1-3-5-13)12-21(30-22)25(33)19-9-8-17(23)28-19/h1-12,30-33H. The van der Waals surface area contributed by atoms with Gasteiger partial charge in [0, 0.05) is 5.56 Å². The first kappa shape index (κ1) is 19.7. The number of H-pyrrole nitrogens is 1. The molecular weight excluding hydrogens is 432 g/mol. The van der Waals surface area contributed by atoms with Gasteiger partial charge in [0.1, 0.15) is 34.2 Å². The van der Waals surface area contributed by atoms with E-state index >= 15 is 0 Å². The second kappa shape index (κ2) is 7.28. The number of Topliss-reactive ketones (excluding diaryl/α,β-unsaturated/α-hetero) is 1. The van der Waals surface area contributed by atoms with E-state index in [1.165, 1.54) is 24.3 Å². The molecule has 4 aliphatic heterocycles. The van der Waals surface area contributed by atoms with Crippen LogP contribution in [0.15, 0.2) is 116 Å². The van der Waals surface area contributed by atoms with Crippen LogP contribution in [0.25, 0.3) is 16.9 Å². The summed E-state index contributed by atoms with van der Waals surface area (Å²) < 4.78 is 0. The van der Waals surface area contributed by atoms with Gasteiger partial charge >= 0.3 is 0 Å². The smallest absolute Gasteiger partial charge is 0.228 e. The van der Waals surface area contributed by atoms with E-state index in [4.69, 9.17) is 0 Å². The minimum atomic E-state index is -0.401. The van der Waals surface area contributed by atoms with Crippen molar-refractivity contribution in [2.75, 3.05) is 0 Å². The molecule has 0 aliphatic carbocycles. The van der Waals surface area contributed by atoms with Gasteiger partial charge in [-0.25, -0.2) is 15.0 Å². The number of allylic oxidation sites excluding steroid dienone is 6. The maximum Gasteiger partial charge on any atom is 0.228 e. The summed E-state index contributed by atoms with van der Waals surface area (Å²) >= 11 is 0. The van der Waals surface area contributed by atoms with E-state index in [1.807, 2.05) is 30.3 Å². The topological polar surface area (TPSA) is 131 Å². The van der Waals surface area contributed by atoms with Crippen LogP contribution >= 0.6 is 0 Å². The molecule has 4 N–H and O–H groups in total. The van der Waals surface area contributed by atoms with Crippen molar-refractivity contribution in [3.63, 3.8) is 0 Å². The van der Waals surface area contributed by atoms with Crippen LogP contribution in [0.1, 0.15) is 16.2 Å². The van der Waals surface area contributed by atoms with Crippen LogP contribution in [-0.2, 0) is 0 Å². The number of fused-ring (bicyclic) bond motifs is 5. The number of aliphatic hydroxyl groups excluding tert-OH is 3. The highest BCUT2D eigenvalue weighted by Gasteiger charge is 2.27. The predicted molar refractivity (Wildman–Crippen MR) is 129 cm³/mol. The monoisotopic (exact) mass is 448 g/mol. The van der Waals surface area contributed by atoms with Crippen molar-refractivity contribution in [1.82, 2.24) is 4.98 Å². The van der Waals surface area contributed by atoms with E-state index in [-0.39, 0.29) is 62.9 Å². The third-order valence-electron chi connectivity index (χ3n) is 5.75. The lowest BCUT2D eigenvalue weighted by molar-refractivity contribution is 0.106. The van der Waals surface area contributed by atoms with Crippen LogP contribution in [0, 0.1) is 0 Å². The molecule has 0 radical (unpaired) electrons. The fourth-order valence-electron chi connectivity index (χ4n) is 4.01. The van der Waals surface area contributed by atoms with Gasteiger partial charge in [-0.2, -0.15) is 0 Å². The van der Waals surface area contributed by atoms with Crippen LogP contribution in [0.4, 0.5) is 0 Å². The number of carbonyl (C=O) groups excluding carboxylic acids is 1. The van der Waals surface area contributed by atoms with Crippen LogP contribution < -0.4 is 0 Å². The number of aliphatic imine (C=N–C) groups is 3. The molecule has 0 saturated heterocycles. The number of hydrogen-bond acceptors (Lipinski definition) is 7. The van der Waals surface area contributed by atoms with E-state index < -0.39 is 5.78 Å². The van der Waals surface area contributed by atoms with Gasteiger partial charge in [0.15, 0.2) is 17.3 Å². The number of carbonyl (C=O) groups is 1. The van der Waals surface area contributed by atoms with Crippen molar-refractivity contribution < 1.29 is 20.1 Å². The van der Waals surface area contributed by atoms with Crippen LogP contribution in [-0.4, -0.2) is 43.2 Å². The van der Waals surface area contributed by atoms with Gasteiger partial charge in [0.2, 0.25) is 5.78 Å². The number of aromatic nitrogens is 1. The average Bonchev–Trinajstić information content (AvgIpc) is 3.68. The SMILES string of the molecule is O=C1C2=NC(=C(O)C3=NC(=C(O)C4=NC(=C(O)c5cc(-c6ccccc6)c1[nH]5)C=C4)C=C3)C=C2. The zero-order valence-electron chi connectivity index (χ0n) is 17.5. The molecule has 0 atom stereocenters. The highest BCUT2D eigenvalue weighted by atomic mass is 16.3. The summed E-state index contributed by atoms with van der Waals surface area (Å²) in [6.07, 6.45) is 9.22. The Hall–Kier alpha value is -4.98. The summed E-state index contributed by atoms with van der Waals surface area (Å²) in [6, 6.07) is 11.0. The van der Waals surface area contributed by atoms with Gasteiger partial charge in [-0.15, -0.1) is 0 Å². The second-order valence-corrected chi connectivity index (χ2v) is 7.86. The first-order chi connectivity index (χ1) is 16.5. The lowest BCUT2D eigenvalue weighted by Gasteiger charge is -2.03. The number of hydrogen-bond donors (Lipinski definition) is 4. The lowest BCUT2D eigenvalue weighted by Crippen LogP contribution is -2.12. The van der Waals surface area contributed by atoms with Crippen molar-refractivity contribution in [1.29, 1.82) is 0 Å². The Kier molecular flexibility index (Phi) is 4.21. The molecule has 4 aliphatic rings. The fourth-order valence-corrected chi connectivity index (χ4v) is 4.01. The molecule has 0 amide bonds. The molecule has 8 nitrogen and oxygen atoms in total. The van der Waals surface area contributed by atoms with E-state index in [9.17, 15) is 20.1 Å². The molecule has 164 valence electrons. The van der Waals surface area contributed by atoms with Gasteiger partial charge in [0.25, 0.3) is 0 Å². The number of aromatic amines is 1. The number of benzene rings is 1. The quantitative estimate of drug-likeness (QED) is 0.505. The van der Waals surface area contributed by atoms with E-state index in [1.54, 1.807) is 18.2 Å². The predicted octanol–water partition coefficient (Wildman–Crippen LogP) is 4.68. The van der Waals surface area contributed by atoms with Crippen molar-refractivity contribution >= 4 is 28.7 Å². The number of ketones is 1. The Morgan fingerprint density at radius 2 is 1.18 bits per heavy atom. The van der Waals surface area contributed by atoms with Gasteiger partial charge in [-0.3, -0.25) is 4.79 Å². The Bertz CT molecular complexity index is 1570. The largest absolute Gasteiger partial charge is 0.504 e. The molecule has 6 rings (SSSR count). The molecule has 5 heterocycles. The molecule has 0 spiro atoms. The maximum atomic E-state index is 13.4. The van der Waals surface area contributed by atoms with Gasteiger partial charge in [-0.05, 0) is 48.1 Å². The van der Waals surface area contributed by atoms with Crippen LogP contribution in [0.5, 0.6) is 0 Å². The van der Waals surface area contributed by atoms with Crippen LogP contribution in [0.3, 0.4) is 0 Å². The number of nitrogens with one attached hydrogen (secondary N) is 1. The molecular formula is C26H16N4O4. The van der Waals surface area contributed by atoms with E-state index in [0.29, 0.717) is 5.56 Å². The summed E-state index contributed by atoms with van der Waals surface area (Å²) in [5.74, 6) is -1.00. The molecule has 1 aromatic carbocycles. The Morgan fingerprint density at radius 3 is 1.79 bits per heavy atom. The molecule has 2 aromatic rings. The first-order valence-corrected chi connectivity index (χ1v) is 10.4. The van der Waals surface area contributed by atoms with Crippen molar-refractivity contribution in [2.45, 2.75) is 0 Å². The maximum absolute atomic E-state index is 13.4. The normalized spacial score (nSPS) is 18.8. The highest BCUT2D eigenvalue weighted by molar-refractivity contribution is 6.51. The summed E-state index contributed by atoms with van der Waals surface area (Å²) in [5.41, 5.74) is 2.99. The minimum Gasteiger partial charge on any atom is -0.504 e. The third kappa shape index (κ3) is 3.01. The van der Waals surface area contributed by atoms with Crippen LogP contribution in [0.2, 0.25) is 0 Å². The third-order valence-corrected chi connectivity index (χ3v) is 5.75.